The third-order valence-corrected chi connectivity index (χ3v) is 3.58. The van der Waals surface area contributed by atoms with Gasteiger partial charge in [-0.15, -0.1) is 11.3 Å². The molecule has 0 unspecified atom stereocenters. The first-order chi connectivity index (χ1) is 9.58. The third kappa shape index (κ3) is 3.88. The molecule has 7 heteroatoms. The summed E-state index contributed by atoms with van der Waals surface area (Å²) in [5.74, 6) is 7.86. The van der Waals surface area contributed by atoms with Crippen LogP contribution >= 0.6 is 11.3 Å². The number of nitrogen functional groups attached to an aromatic ring is 1. The van der Waals surface area contributed by atoms with Crippen LogP contribution in [0.5, 0.6) is 0 Å². The molecule has 2 aromatic rings. The van der Waals surface area contributed by atoms with Crippen molar-refractivity contribution in [1.29, 1.82) is 0 Å². The highest BCUT2D eigenvalue weighted by Crippen LogP contribution is 2.16. The van der Waals surface area contributed by atoms with E-state index in [9.17, 15) is 0 Å². The molecule has 108 valence electrons. The zero-order chi connectivity index (χ0) is 14.5. The second-order valence-corrected chi connectivity index (χ2v) is 5.89. The zero-order valence-corrected chi connectivity index (χ0v) is 12.8. The molecule has 6 nitrogen and oxygen atoms in total. The Morgan fingerprint density at radius 1 is 1.25 bits per heavy atom. The van der Waals surface area contributed by atoms with Gasteiger partial charge in [-0.3, -0.25) is 0 Å². The molecule has 0 bridgehead atoms. The molecule has 0 saturated heterocycles. The molecule has 0 aliphatic rings. The predicted molar refractivity (Wildman–Crippen MR) is 83.0 cm³/mol. The summed E-state index contributed by atoms with van der Waals surface area (Å²) in [6.07, 6.45) is 0.872. The molecule has 0 fully saturated rings. The smallest absolute Gasteiger partial charge is 0.145 e. The van der Waals surface area contributed by atoms with Crippen molar-refractivity contribution in [3.8, 4) is 0 Å². The van der Waals surface area contributed by atoms with Gasteiger partial charge in [-0.05, 0) is 6.92 Å². The van der Waals surface area contributed by atoms with E-state index in [0.717, 1.165) is 35.3 Å². The molecule has 0 atom stereocenters. The van der Waals surface area contributed by atoms with Gasteiger partial charge in [0, 0.05) is 30.3 Å². The number of anilines is 2. The van der Waals surface area contributed by atoms with Crippen molar-refractivity contribution in [1.82, 2.24) is 15.0 Å². The van der Waals surface area contributed by atoms with Gasteiger partial charge in [0.1, 0.15) is 17.5 Å². The maximum Gasteiger partial charge on any atom is 0.145 e. The number of nitrogens with one attached hydrogen (secondary N) is 2. The largest absolute Gasteiger partial charge is 0.370 e. The predicted octanol–water partition coefficient (Wildman–Crippen LogP) is 2.31. The van der Waals surface area contributed by atoms with E-state index < -0.39 is 0 Å². The number of hydrazine groups is 1. The number of hydrogen-bond acceptors (Lipinski definition) is 7. The van der Waals surface area contributed by atoms with E-state index in [-0.39, 0.29) is 5.92 Å². The average molecular weight is 292 g/mol. The van der Waals surface area contributed by atoms with E-state index in [1.165, 1.54) is 0 Å². The Kier molecular flexibility index (Phi) is 4.86. The number of hydrogen-bond donors (Lipinski definition) is 3. The maximum atomic E-state index is 5.43. The molecule has 0 radical (unpaired) electrons. The average Bonchev–Trinajstić information content (AvgIpc) is 2.84. The highest BCUT2D eigenvalue weighted by molar-refractivity contribution is 7.09. The minimum absolute atomic E-state index is 0.255. The highest BCUT2D eigenvalue weighted by atomic mass is 32.1. The molecular formula is C13H20N6S. The van der Waals surface area contributed by atoms with Gasteiger partial charge in [0.25, 0.3) is 0 Å². The fourth-order valence-corrected chi connectivity index (χ4v) is 2.38. The summed E-state index contributed by atoms with van der Waals surface area (Å²) in [4.78, 5) is 13.2. The van der Waals surface area contributed by atoms with Crippen molar-refractivity contribution < 1.29 is 0 Å². The van der Waals surface area contributed by atoms with Crippen LogP contribution < -0.4 is 16.6 Å². The van der Waals surface area contributed by atoms with E-state index in [0.29, 0.717) is 5.82 Å². The normalized spacial score (nSPS) is 10.8. The topological polar surface area (TPSA) is 88.8 Å². The van der Waals surface area contributed by atoms with Crippen LogP contribution in [0.2, 0.25) is 0 Å². The third-order valence-electron chi connectivity index (χ3n) is 2.76. The first kappa shape index (κ1) is 14.7. The first-order valence-electron chi connectivity index (χ1n) is 6.59. The molecule has 2 heterocycles. The van der Waals surface area contributed by atoms with Crippen LogP contribution in [-0.2, 0) is 6.42 Å². The van der Waals surface area contributed by atoms with Crippen LogP contribution in [0.25, 0.3) is 0 Å². The van der Waals surface area contributed by atoms with Crippen molar-refractivity contribution >= 4 is 23.0 Å². The van der Waals surface area contributed by atoms with Crippen molar-refractivity contribution in [2.45, 2.75) is 33.1 Å². The standard InChI is InChI=1S/C13H20N6S/c1-8(2)13-17-11(6-12(18-13)19-14)15-5-4-10-7-20-9(3)16-10/h6-8H,4-5,14H2,1-3H3,(H2,15,17,18,19). The van der Waals surface area contributed by atoms with Crippen LogP contribution in [0.15, 0.2) is 11.4 Å². The Balaban J connectivity index is 1.99. The van der Waals surface area contributed by atoms with Crippen LogP contribution in [0, 0.1) is 6.92 Å². The molecular weight excluding hydrogens is 272 g/mol. The van der Waals surface area contributed by atoms with Crippen LogP contribution in [-0.4, -0.2) is 21.5 Å². The second kappa shape index (κ2) is 6.62. The molecule has 0 spiro atoms. The van der Waals surface area contributed by atoms with Crippen molar-refractivity contribution in [2.75, 3.05) is 17.3 Å². The van der Waals surface area contributed by atoms with Gasteiger partial charge in [0.2, 0.25) is 0 Å². The molecule has 0 aliphatic heterocycles. The number of nitrogens with two attached hydrogens (primary N) is 1. The Hall–Kier alpha value is -1.73. The van der Waals surface area contributed by atoms with E-state index >= 15 is 0 Å². The number of thiazole rings is 1. The lowest BCUT2D eigenvalue weighted by atomic mass is 10.2. The molecule has 2 rings (SSSR count). The Morgan fingerprint density at radius 2 is 2.00 bits per heavy atom. The van der Waals surface area contributed by atoms with Gasteiger partial charge in [0.15, 0.2) is 0 Å². The van der Waals surface area contributed by atoms with E-state index in [4.69, 9.17) is 5.84 Å². The minimum atomic E-state index is 0.255. The SMILES string of the molecule is Cc1nc(CCNc2cc(NN)nc(C(C)C)n2)cs1. The van der Waals surface area contributed by atoms with Crippen LogP contribution in [0.4, 0.5) is 11.6 Å². The van der Waals surface area contributed by atoms with Gasteiger partial charge in [-0.1, -0.05) is 13.8 Å². The van der Waals surface area contributed by atoms with Gasteiger partial charge in [-0.25, -0.2) is 20.8 Å². The van der Waals surface area contributed by atoms with Crippen molar-refractivity contribution in [2.24, 2.45) is 5.84 Å². The van der Waals surface area contributed by atoms with E-state index in [1.807, 2.05) is 6.92 Å². The summed E-state index contributed by atoms with van der Waals surface area (Å²) in [5.41, 5.74) is 3.68. The summed E-state index contributed by atoms with van der Waals surface area (Å²) in [7, 11) is 0. The number of aryl methyl sites for hydroxylation is 1. The molecule has 0 saturated carbocycles. The minimum Gasteiger partial charge on any atom is -0.370 e. The molecule has 0 amide bonds. The highest BCUT2D eigenvalue weighted by Gasteiger charge is 2.07. The van der Waals surface area contributed by atoms with Gasteiger partial charge in [-0.2, -0.15) is 0 Å². The molecule has 0 aromatic carbocycles. The lowest BCUT2D eigenvalue weighted by molar-refractivity contribution is 0.774. The van der Waals surface area contributed by atoms with Crippen LogP contribution in [0.3, 0.4) is 0 Å². The van der Waals surface area contributed by atoms with Gasteiger partial charge < -0.3 is 10.7 Å². The summed E-state index contributed by atoms with van der Waals surface area (Å²) in [6.45, 7) is 6.90. The quantitative estimate of drug-likeness (QED) is 0.559. The Bertz CT molecular complexity index is 566. The molecule has 0 aliphatic carbocycles. The van der Waals surface area contributed by atoms with Crippen molar-refractivity contribution in [3.63, 3.8) is 0 Å². The van der Waals surface area contributed by atoms with Crippen molar-refractivity contribution in [3.05, 3.63) is 28.0 Å². The van der Waals surface area contributed by atoms with E-state index in [1.54, 1.807) is 17.4 Å². The lowest BCUT2D eigenvalue weighted by Gasteiger charge is -2.11. The number of rotatable bonds is 6. The summed E-state index contributed by atoms with van der Waals surface area (Å²) >= 11 is 1.67. The number of aromatic nitrogens is 3. The van der Waals surface area contributed by atoms with Gasteiger partial charge in [0.05, 0.1) is 10.7 Å². The maximum absolute atomic E-state index is 5.43. The van der Waals surface area contributed by atoms with Crippen LogP contribution in [0.1, 0.15) is 36.3 Å². The monoisotopic (exact) mass is 292 g/mol. The summed E-state index contributed by atoms with van der Waals surface area (Å²) in [6, 6.07) is 1.80. The summed E-state index contributed by atoms with van der Waals surface area (Å²) in [5, 5.41) is 6.47. The second-order valence-electron chi connectivity index (χ2n) is 4.83. The first-order valence-corrected chi connectivity index (χ1v) is 7.47. The van der Waals surface area contributed by atoms with Gasteiger partial charge >= 0.3 is 0 Å². The fourth-order valence-electron chi connectivity index (χ4n) is 1.73. The lowest BCUT2D eigenvalue weighted by Crippen LogP contribution is -2.14. The molecule has 4 N–H and O–H groups in total. The zero-order valence-electron chi connectivity index (χ0n) is 12.0. The summed E-state index contributed by atoms with van der Waals surface area (Å²) < 4.78 is 0. The fraction of sp³-hybridized carbons (Fsp3) is 0.462. The number of nitrogens with zero attached hydrogens (tertiary/aromatic N) is 3. The van der Waals surface area contributed by atoms with E-state index in [2.05, 4.69) is 44.9 Å². The Morgan fingerprint density at radius 3 is 2.60 bits per heavy atom. The molecule has 2 aromatic heterocycles. The molecule has 20 heavy (non-hydrogen) atoms. The Labute approximate surface area is 122 Å².